The van der Waals surface area contributed by atoms with Crippen LogP contribution in [0, 0.1) is 5.92 Å². The molecule has 0 aromatic carbocycles. The molecule has 0 bridgehead atoms. The maximum Gasteiger partial charge on any atom is 0.0589 e. The lowest BCUT2D eigenvalue weighted by Crippen LogP contribution is -2.44. The Labute approximate surface area is 107 Å². The van der Waals surface area contributed by atoms with Gasteiger partial charge in [0.2, 0.25) is 0 Å². The maximum atomic E-state index is 5.23. The van der Waals surface area contributed by atoms with Gasteiger partial charge in [-0.25, -0.2) is 0 Å². The summed E-state index contributed by atoms with van der Waals surface area (Å²) < 4.78 is 5.23. The summed E-state index contributed by atoms with van der Waals surface area (Å²) in [5.74, 6) is 0.744. The Kier molecular flexibility index (Phi) is 7.09. The fourth-order valence-corrected chi connectivity index (χ4v) is 2.83. The van der Waals surface area contributed by atoms with Crippen LogP contribution in [0.25, 0.3) is 0 Å². The zero-order chi connectivity index (χ0) is 12.7. The SMILES string of the molecule is CNC1CCC(N(CCOC)CC(C)C)CC1. The van der Waals surface area contributed by atoms with E-state index in [-0.39, 0.29) is 0 Å². The first-order valence-electron chi connectivity index (χ1n) is 7.07. The van der Waals surface area contributed by atoms with Gasteiger partial charge in [-0.15, -0.1) is 0 Å². The van der Waals surface area contributed by atoms with E-state index in [4.69, 9.17) is 4.74 Å². The van der Waals surface area contributed by atoms with Gasteiger partial charge < -0.3 is 10.1 Å². The van der Waals surface area contributed by atoms with Crippen molar-refractivity contribution >= 4 is 0 Å². The molecule has 1 aliphatic carbocycles. The molecule has 1 N–H and O–H groups in total. The van der Waals surface area contributed by atoms with Gasteiger partial charge in [-0.05, 0) is 38.6 Å². The minimum Gasteiger partial charge on any atom is -0.383 e. The van der Waals surface area contributed by atoms with E-state index < -0.39 is 0 Å². The van der Waals surface area contributed by atoms with E-state index in [1.165, 1.54) is 32.2 Å². The van der Waals surface area contributed by atoms with E-state index in [9.17, 15) is 0 Å². The Morgan fingerprint density at radius 1 is 1.24 bits per heavy atom. The highest BCUT2D eigenvalue weighted by Gasteiger charge is 2.25. The predicted molar refractivity (Wildman–Crippen MR) is 73.4 cm³/mol. The van der Waals surface area contributed by atoms with Crippen molar-refractivity contribution in [1.82, 2.24) is 10.2 Å². The van der Waals surface area contributed by atoms with Crippen LogP contribution in [-0.2, 0) is 4.74 Å². The average molecular weight is 242 g/mol. The van der Waals surface area contributed by atoms with E-state index in [1.807, 2.05) is 0 Å². The fraction of sp³-hybridized carbons (Fsp3) is 1.00. The minimum absolute atomic E-state index is 0.744. The third-order valence-corrected chi connectivity index (χ3v) is 3.80. The number of rotatable bonds is 7. The number of methoxy groups -OCH3 is 1. The van der Waals surface area contributed by atoms with Crippen molar-refractivity contribution in [1.29, 1.82) is 0 Å². The van der Waals surface area contributed by atoms with E-state index >= 15 is 0 Å². The van der Waals surface area contributed by atoms with Crippen LogP contribution in [0.15, 0.2) is 0 Å². The molecule has 0 heterocycles. The van der Waals surface area contributed by atoms with Crippen molar-refractivity contribution < 1.29 is 4.74 Å². The summed E-state index contributed by atoms with van der Waals surface area (Å²) >= 11 is 0. The monoisotopic (exact) mass is 242 g/mol. The van der Waals surface area contributed by atoms with Gasteiger partial charge in [-0.3, -0.25) is 4.90 Å². The van der Waals surface area contributed by atoms with Gasteiger partial charge in [0.15, 0.2) is 0 Å². The fourth-order valence-electron chi connectivity index (χ4n) is 2.83. The number of nitrogens with zero attached hydrogens (tertiary/aromatic N) is 1. The van der Waals surface area contributed by atoms with Crippen LogP contribution >= 0.6 is 0 Å². The van der Waals surface area contributed by atoms with Crippen LogP contribution in [0.2, 0.25) is 0 Å². The second-order valence-electron chi connectivity index (χ2n) is 5.68. The molecule has 0 unspecified atom stereocenters. The molecule has 0 aromatic rings. The molecule has 0 saturated heterocycles. The van der Waals surface area contributed by atoms with Crippen molar-refractivity contribution in [3.63, 3.8) is 0 Å². The van der Waals surface area contributed by atoms with E-state index in [2.05, 4.69) is 31.1 Å². The molecule has 0 amide bonds. The first-order chi connectivity index (χ1) is 8.17. The summed E-state index contributed by atoms with van der Waals surface area (Å²) in [5.41, 5.74) is 0. The number of nitrogens with one attached hydrogen (secondary N) is 1. The average Bonchev–Trinajstić information content (AvgIpc) is 2.34. The molecule has 3 heteroatoms. The van der Waals surface area contributed by atoms with Gasteiger partial charge in [0.1, 0.15) is 0 Å². The van der Waals surface area contributed by atoms with E-state index in [0.29, 0.717) is 0 Å². The largest absolute Gasteiger partial charge is 0.383 e. The van der Waals surface area contributed by atoms with Crippen LogP contribution in [0.4, 0.5) is 0 Å². The van der Waals surface area contributed by atoms with Gasteiger partial charge in [0.25, 0.3) is 0 Å². The molecule has 0 radical (unpaired) electrons. The summed E-state index contributed by atoms with van der Waals surface area (Å²) in [6, 6.07) is 1.52. The Hall–Kier alpha value is -0.120. The van der Waals surface area contributed by atoms with E-state index in [0.717, 1.165) is 31.2 Å². The molecule has 0 aromatic heterocycles. The van der Waals surface area contributed by atoms with Gasteiger partial charge in [0.05, 0.1) is 6.61 Å². The van der Waals surface area contributed by atoms with Gasteiger partial charge >= 0.3 is 0 Å². The molecule has 3 nitrogen and oxygen atoms in total. The summed E-state index contributed by atoms with van der Waals surface area (Å²) in [7, 11) is 3.88. The maximum absolute atomic E-state index is 5.23. The Morgan fingerprint density at radius 2 is 1.88 bits per heavy atom. The van der Waals surface area contributed by atoms with Gasteiger partial charge in [-0.1, -0.05) is 13.8 Å². The standard InChI is InChI=1S/C14H30N2O/c1-12(2)11-16(9-10-17-4)14-7-5-13(15-3)6-8-14/h12-15H,5-11H2,1-4H3. The third-order valence-electron chi connectivity index (χ3n) is 3.80. The van der Waals surface area contributed by atoms with Crippen molar-refractivity contribution in [2.75, 3.05) is 33.9 Å². The lowest BCUT2D eigenvalue weighted by atomic mass is 9.90. The second-order valence-corrected chi connectivity index (χ2v) is 5.68. The summed E-state index contributed by atoms with van der Waals surface area (Å²) in [4.78, 5) is 2.64. The molecule has 17 heavy (non-hydrogen) atoms. The highest BCUT2D eigenvalue weighted by molar-refractivity contribution is 4.82. The molecule has 0 spiro atoms. The molecule has 0 aliphatic heterocycles. The zero-order valence-electron chi connectivity index (χ0n) is 12.0. The van der Waals surface area contributed by atoms with Crippen molar-refractivity contribution in [2.24, 2.45) is 5.92 Å². The van der Waals surface area contributed by atoms with Crippen molar-refractivity contribution in [3.8, 4) is 0 Å². The number of ether oxygens (including phenoxy) is 1. The molecular weight excluding hydrogens is 212 g/mol. The van der Waals surface area contributed by atoms with Crippen LogP contribution in [0.5, 0.6) is 0 Å². The summed E-state index contributed by atoms with van der Waals surface area (Å²) in [6.45, 7) is 7.76. The lowest BCUT2D eigenvalue weighted by Gasteiger charge is -2.37. The first-order valence-corrected chi connectivity index (χ1v) is 7.07. The molecule has 1 saturated carbocycles. The quantitative estimate of drug-likeness (QED) is 0.740. The molecular formula is C14H30N2O. The van der Waals surface area contributed by atoms with Crippen molar-refractivity contribution in [2.45, 2.75) is 51.6 Å². The zero-order valence-corrected chi connectivity index (χ0v) is 12.0. The Morgan fingerprint density at radius 3 is 2.35 bits per heavy atom. The van der Waals surface area contributed by atoms with Crippen LogP contribution in [-0.4, -0.2) is 50.8 Å². The Balaban J connectivity index is 2.40. The predicted octanol–water partition coefficient (Wildman–Crippen LogP) is 2.12. The normalized spacial score (nSPS) is 25.8. The smallest absolute Gasteiger partial charge is 0.0589 e. The number of hydrogen-bond donors (Lipinski definition) is 1. The highest BCUT2D eigenvalue weighted by atomic mass is 16.5. The highest BCUT2D eigenvalue weighted by Crippen LogP contribution is 2.23. The topological polar surface area (TPSA) is 24.5 Å². The van der Waals surface area contributed by atoms with Crippen LogP contribution < -0.4 is 5.32 Å². The first kappa shape index (κ1) is 14.9. The summed E-state index contributed by atoms with van der Waals surface area (Å²) in [6.07, 6.45) is 5.31. The van der Waals surface area contributed by atoms with Gasteiger partial charge in [0, 0.05) is 32.3 Å². The second kappa shape index (κ2) is 8.06. The molecule has 102 valence electrons. The minimum atomic E-state index is 0.744. The molecule has 1 fully saturated rings. The summed E-state index contributed by atoms with van der Waals surface area (Å²) in [5, 5.41) is 3.40. The van der Waals surface area contributed by atoms with E-state index in [1.54, 1.807) is 7.11 Å². The van der Waals surface area contributed by atoms with Crippen LogP contribution in [0.3, 0.4) is 0 Å². The molecule has 1 rings (SSSR count). The third kappa shape index (κ3) is 5.36. The van der Waals surface area contributed by atoms with Gasteiger partial charge in [-0.2, -0.15) is 0 Å². The lowest BCUT2D eigenvalue weighted by molar-refractivity contribution is 0.0880. The number of hydrogen-bond acceptors (Lipinski definition) is 3. The molecule has 0 atom stereocenters. The van der Waals surface area contributed by atoms with Crippen LogP contribution in [0.1, 0.15) is 39.5 Å². The van der Waals surface area contributed by atoms with Crippen molar-refractivity contribution in [3.05, 3.63) is 0 Å². The molecule has 1 aliphatic rings. The Bertz CT molecular complexity index is 189.